The minimum atomic E-state index is -4.74. The molecule has 1 aromatic carbocycles. The number of aromatic nitrogens is 6. The molecule has 1 N–H and O–H groups in total. The maximum absolute atomic E-state index is 13.4. The second-order valence-corrected chi connectivity index (χ2v) is 7.39. The van der Waals surface area contributed by atoms with Crippen molar-refractivity contribution in [1.82, 2.24) is 35.0 Å². The Kier molecular flexibility index (Phi) is 6.05. The number of benzene rings is 1. The molecule has 0 aliphatic heterocycles. The van der Waals surface area contributed by atoms with Crippen LogP contribution in [0.5, 0.6) is 0 Å². The summed E-state index contributed by atoms with van der Waals surface area (Å²) in [5.41, 5.74) is 2.16. The van der Waals surface area contributed by atoms with Crippen LogP contribution in [0.3, 0.4) is 0 Å². The lowest BCUT2D eigenvalue weighted by atomic mass is 10.1. The van der Waals surface area contributed by atoms with Crippen LogP contribution in [0.15, 0.2) is 55.2 Å². The Balaban J connectivity index is 1.73. The van der Waals surface area contributed by atoms with Gasteiger partial charge >= 0.3 is 6.18 Å². The Morgan fingerprint density at radius 1 is 1.06 bits per heavy atom. The normalized spacial score (nSPS) is 11.4. The molecule has 8 nitrogen and oxygen atoms in total. The summed E-state index contributed by atoms with van der Waals surface area (Å²) in [6, 6.07) is 7.42. The first-order valence-electron chi connectivity index (χ1n) is 9.51. The van der Waals surface area contributed by atoms with Gasteiger partial charge < -0.3 is 5.32 Å². The average molecular weight is 474 g/mol. The molecule has 0 aliphatic rings. The summed E-state index contributed by atoms with van der Waals surface area (Å²) in [4.78, 5) is 28.6. The molecular weight excluding hydrogens is 459 g/mol. The highest BCUT2D eigenvalue weighted by Gasteiger charge is 2.37. The van der Waals surface area contributed by atoms with Crippen molar-refractivity contribution in [2.24, 2.45) is 0 Å². The number of halogens is 4. The number of rotatable bonds is 5. The Morgan fingerprint density at radius 3 is 2.55 bits per heavy atom. The molecule has 33 heavy (non-hydrogen) atoms. The van der Waals surface area contributed by atoms with Crippen molar-refractivity contribution in [3.05, 3.63) is 83.0 Å². The number of nitrogens with zero attached hydrogens (tertiary/aromatic N) is 6. The monoisotopic (exact) mass is 473 g/mol. The molecule has 0 unspecified atom stereocenters. The molecule has 0 atom stereocenters. The van der Waals surface area contributed by atoms with Crippen molar-refractivity contribution in [2.75, 3.05) is 0 Å². The first kappa shape index (κ1) is 22.3. The highest BCUT2D eigenvalue weighted by atomic mass is 35.5. The average Bonchev–Trinajstić information content (AvgIpc) is 3.29. The van der Waals surface area contributed by atoms with E-state index in [-0.39, 0.29) is 17.8 Å². The number of hydrogen-bond acceptors (Lipinski definition) is 6. The van der Waals surface area contributed by atoms with E-state index in [1.54, 1.807) is 25.3 Å². The third-order valence-corrected chi connectivity index (χ3v) is 4.74. The minimum Gasteiger partial charge on any atom is -0.346 e. The maximum Gasteiger partial charge on any atom is 0.451 e. The molecule has 4 rings (SSSR count). The van der Waals surface area contributed by atoms with E-state index in [2.05, 4.69) is 30.4 Å². The van der Waals surface area contributed by atoms with Crippen molar-refractivity contribution in [3.63, 3.8) is 0 Å². The van der Waals surface area contributed by atoms with Crippen LogP contribution < -0.4 is 5.32 Å². The molecule has 0 spiro atoms. The van der Waals surface area contributed by atoms with E-state index in [4.69, 9.17) is 11.6 Å². The molecule has 3 aromatic heterocycles. The Labute approximate surface area is 190 Å². The van der Waals surface area contributed by atoms with Gasteiger partial charge in [-0.1, -0.05) is 11.6 Å². The standard InChI is InChI=1S/C21H15ClF3N7O/c1-12-7-27-16(9-26-12)10-29-19(33)14-4-13(18-3-2-15(22)8-28-18)5-17(6-14)32-20(21(23,24)25)30-11-31-32/h2-9,11H,10H2,1H3,(H,29,33). The van der Waals surface area contributed by atoms with Crippen LogP contribution in [0.25, 0.3) is 16.9 Å². The van der Waals surface area contributed by atoms with Crippen LogP contribution in [0.4, 0.5) is 13.2 Å². The number of aryl methyl sites for hydroxylation is 1. The molecule has 168 valence electrons. The number of amides is 1. The number of nitrogens with one attached hydrogen (secondary N) is 1. The van der Waals surface area contributed by atoms with E-state index in [9.17, 15) is 18.0 Å². The van der Waals surface area contributed by atoms with Gasteiger partial charge in [0, 0.05) is 23.5 Å². The first-order valence-corrected chi connectivity index (χ1v) is 9.89. The molecule has 1 amide bonds. The van der Waals surface area contributed by atoms with Gasteiger partial charge in [0.15, 0.2) is 0 Å². The summed E-state index contributed by atoms with van der Waals surface area (Å²) in [6.45, 7) is 1.87. The lowest BCUT2D eigenvalue weighted by Crippen LogP contribution is -2.24. The van der Waals surface area contributed by atoms with Crippen molar-refractivity contribution in [2.45, 2.75) is 19.6 Å². The van der Waals surface area contributed by atoms with Crippen LogP contribution >= 0.6 is 11.6 Å². The number of hydrogen-bond donors (Lipinski definition) is 1. The van der Waals surface area contributed by atoms with E-state index in [1.165, 1.54) is 30.6 Å². The molecule has 0 aliphatic carbocycles. The van der Waals surface area contributed by atoms with Gasteiger partial charge in [0.05, 0.1) is 40.5 Å². The lowest BCUT2D eigenvalue weighted by molar-refractivity contribution is -0.146. The van der Waals surface area contributed by atoms with Crippen LogP contribution in [-0.4, -0.2) is 35.6 Å². The number of alkyl halides is 3. The van der Waals surface area contributed by atoms with E-state index >= 15 is 0 Å². The molecule has 3 heterocycles. The van der Waals surface area contributed by atoms with E-state index in [0.717, 1.165) is 12.0 Å². The van der Waals surface area contributed by atoms with Crippen molar-refractivity contribution in [1.29, 1.82) is 0 Å². The maximum atomic E-state index is 13.4. The summed E-state index contributed by atoms with van der Waals surface area (Å²) in [5.74, 6) is -1.74. The highest BCUT2D eigenvalue weighted by Crippen LogP contribution is 2.30. The summed E-state index contributed by atoms with van der Waals surface area (Å²) in [5, 5.41) is 6.78. The smallest absolute Gasteiger partial charge is 0.346 e. The summed E-state index contributed by atoms with van der Waals surface area (Å²) >= 11 is 5.89. The van der Waals surface area contributed by atoms with Gasteiger partial charge in [-0.25, -0.2) is 9.67 Å². The third kappa shape index (κ3) is 5.14. The molecule has 12 heteroatoms. The fourth-order valence-electron chi connectivity index (χ4n) is 2.97. The van der Waals surface area contributed by atoms with Gasteiger partial charge in [0.25, 0.3) is 5.91 Å². The van der Waals surface area contributed by atoms with E-state index in [1.807, 2.05) is 0 Å². The van der Waals surface area contributed by atoms with Crippen molar-refractivity contribution >= 4 is 17.5 Å². The lowest BCUT2D eigenvalue weighted by Gasteiger charge is -2.13. The van der Waals surface area contributed by atoms with E-state index < -0.39 is 17.9 Å². The zero-order chi connectivity index (χ0) is 23.6. The molecule has 0 saturated carbocycles. The zero-order valence-corrected chi connectivity index (χ0v) is 17.8. The van der Waals surface area contributed by atoms with Crippen molar-refractivity contribution < 1.29 is 18.0 Å². The predicted molar refractivity (Wildman–Crippen MR) is 113 cm³/mol. The second kappa shape index (κ2) is 8.94. The number of pyridine rings is 1. The summed E-state index contributed by atoms with van der Waals surface area (Å²) < 4.78 is 40.8. The quantitative estimate of drug-likeness (QED) is 0.470. The van der Waals surface area contributed by atoms with E-state index in [0.29, 0.717) is 26.7 Å². The number of carbonyl (C=O) groups excluding carboxylic acids is 1. The predicted octanol–water partition coefficient (Wildman–Crippen LogP) is 4.03. The third-order valence-electron chi connectivity index (χ3n) is 4.51. The number of carbonyl (C=O) groups is 1. The fourth-order valence-corrected chi connectivity index (χ4v) is 3.08. The van der Waals surface area contributed by atoms with Crippen LogP contribution in [-0.2, 0) is 12.7 Å². The molecule has 0 fully saturated rings. The van der Waals surface area contributed by atoms with Crippen LogP contribution in [0.2, 0.25) is 5.02 Å². The second-order valence-electron chi connectivity index (χ2n) is 6.96. The van der Waals surface area contributed by atoms with Crippen LogP contribution in [0, 0.1) is 6.92 Å². The topological polar surface area (TPSA) is 98.5 Å². The molecule has 0 saturated heterocycles. The van der Waals surface area contributed by atoms with Gasteiger partial charge in [0.2, 0.25) is 5.82 Å². The molecule has 0 bridgehead atoms. The SMILES string of the molecule is Cc1cnc(CNC(=O)c2cc(-c3ccc(Cl)cn3)cc(-n3ncnc3C(F)(F)F)c2)cn1. The molecular formula is C21H15ClF3N7O. The Morgan fingerprint density at radius 2 is 1.88 bits per heavy atom. The van der Waals surface area contributed by atoms with Crippen molar-refractivity contribution in [3.8, 4) is 16.9 Å². The fraction of sp³-hybridized carbons (Fsp3) is 0.143. The Hall–Kier alpha value is -3.86. The Bertz CT molecular complexity index is 1290. The van der Waals surface area contributed by atoms with Gasteiger partial charge in [-0.3, -0.25) is 19.7 Å². The van der Waals surface area contributed by atoms with Gasteiger partial charge in [-0.2, -0.15) is 18.3 Å². The molecule has 4 aromatic rings. The summed E-state index contributed by atoms with van der Waals surface area (Å²) in [6.07, 6.45) is 0.551. The summed E-state index contributed by atoms with van der Waals surface area (Å²) in [7, 11) is 0. The highest BCUT2D eigenvalue weighted by molar-refractivity contribution is 6.30. The van der Waals surface area contributed by atoms with Gasteiger partial charge in [-0.05, 0) is 37.3 Å². The minimum absolute atomic E-state index is 0.00523. The molecule has 0 radical (unpaired) electrons. The largest absolute Gasteiger partial charge is 0.451 e. The van der Waals surface area contributed by atoms with Crippen LogP contribution in [0.1, 0.15) is 27.6 Å². The first-order chi connectivity index (χ1) is 15.7. The zero-order valence-electron chi connectivity index (χ0n) is 17.0. The van der Waals surface area contributed by atoms with Gasteiger partial charge in [0.1, 0.15) is 6.33 Å². The van der Waals surface area contributed by atoms with Gasteiger partial charge in [-0.15, -0.1) is 0 Å².